The number of aliphatic carboxylic acids is 1. The van der Waals surface area contributed by atoms with Gasteiger partial charge in [-0.25, -0.2) is 0 Å². The van der Waals surface area contributed by atoms with Crippen molar-refractivity contribution in [1.29, 1.82) is 0 Å². The van der Waals surface area contributed by atoms with Crippen molar-refractivity contribution in [3.05, 3.63) is 0 Å². The lowest BCUT2D eigenvalue weighted by molar-refractivity contribution is -0.151. The van der Waals surface area contributed by atoms with Crippen LogP contribution in [0.4, 0.5) is 0 Å². The minimum Gasteiger partial charge on any atom is -0.481 e. The zero-order chi connectivity index (χ0) is 14.8. The standard InChI is InChI=1S/C14H25NO4/c1-5-9-6-10(11(7-9)13(18)19)12(17)15(4)14(2,3)8-16/h9-11,16H,5-8H2,1-4H3,(H,18,19)/t9?,10-,11+/m0/s1. The van der Waals surface area contributed by atoms with E-state index in [4.69, 9.17) is 0 Å². The van der Waals surface area contributed by atoms with Gasteiger partial charge in [-0.05, 0) is 32.6 Å². The first-order valence-electron chi connectivity index (χ1n) is 6.86. The predicted octanol–water partition coefficient (Wildman–Crippen LogP) is 1.35. The van der Waals surface area contributed by atoms with Gasteiger partial charge in [-0.1, -0.05) is 13.3 Å². The Kier molecular flexibility index (Phi) is 4.96. The number of likely N-dealkylation sites (N-methyl/N-ethyl adjacent to an activating group) is 1. The third-order valence-corrected chi connectivity index (χ3v) is 4.50. The predicted molar refractivity (Wildman–Crippen MR) is 71.6 cm³/mol. The topological polar surface area (TPSA) is 77.8 Å². The average molecular weight is 271 g/mol. The summed E-state index contributed by atoms with van der Waals surface area (Å²) in [7, 11) is 1.64. The Morgan fingerprint density at radius 1 is 1.26 bits per heavy atom. The van der Waals surface area contributed by atoms with E-state index in [9.17, 15) is 19.8 Å². The summed E-state index contributed by atoms with van der Waals surface area (Å²) in [6.45, 7) is 5.43. The lowest BCUT2D eigenvalue weighted by atomic mass is 9.92. The Balaban J connectivity index is 2.88. The van der Waals surface area contributed by atoms with Crippen LogP contribution in [-0.2, 0) is 9.59 Å². The molecule has 1 amide bonds. The van der Waals surface area contributed by atoms with Gasteiger partial charge in [-0.15, -0.1) is 0 Å². The second-order valence-electron chi connectivity index (χ2n) is 6.16. The zero-order valence-electron chi connectivity index (χ0n) is 12.2. The largest absolute Gasteiger partial charge is 0.481 e. The summed E-state index contributed by atoms with van der Waals surface area (Å²) in [5, 5.41) is 18.6. The molecule has 0 aromatic rings. The van der Waals surface area contributed by atoms with Crippen molar-refractivity contribution in [2.75, 3.05) is 13.7 Å². The number of aliphatic hydroxyl groups is 1. The molecule has 2 N–H and O–H groups in total. The van der Waals surface area contributed by atoms with Crippen molar-refractivity contribution in [3.63, 3.8) is 0 Å². The molecule has 5 nitrogen and oxygen atoms in total. The van der Waals surface area contributed by atoms with Crippen LogP contribution < -0.4 is 0 Å². The maximum absolute atomic E-state index is 12.5. The van der Waals surface area contributed by atoms with E-state index in [0.29, 0.717) is 18.8 Å². The van der Waals surface area contributed by atoms with E-state index in [2.05, 4.69) is 0 Å². The van der Waals surface area contributed by atoms with Crippen LogP contribution >= 0.6 is 0 Å². The first-order valence-corrected chi connectivity index (χ1v) is 6.86. The first kappa shape index (κ1) is 16.0. The third-order valence-electron chi connectivity index (χ3n) is 4.50. The molecule has 0 bridgehead atoms. The number of rotatable bonds is 5. The Bertz CT molecular complexity index is 353. The molecule has 0 spiro atoms. The molecule has 0 aliphatic heterocycles. The molecule has 1 unspecified atom stereocenters. The molecule has 1 aliphatic carbocycles. The van der Waals surface area contributed by atoms with Crippen LogP contribution in [0.2, 0.25) is 0 Å². The van der Waals surface area contributed by atoms with Crippen LogP contribution in [0, 0.1) is 17.8 Å². The SMILES string of the molecule is CCC1C[C@H](C(=O)N(C)C(C)(C)CO)[C@H](C(=O)O)C1. The number of nitrogens with zero attached hydrogens (tertiary/aromatic N) is 1. The second-order valence-corrected chi connectivity index (χ2v) is 6.16. The minimum atomic E-state index is -0.885. The molecule has 0 saturated heterocycles. The summed E-state index contributed by atoms with van der Waals surface area (Å²) in [5.74, 6) is -1.79. The minimum absolute atomic E-state index is 0.142. The molecule has 110 valence electrons. The van der Waals surface area contributed by atoms with Crippen LogP contribution in [0.1, 0.15) is 40.0 Å². The Labute approximate surface area is 114 Å². The van der Waals surface area contributed by atoms with Gasteiger partial charge in [-0.2, -0.15) is 0 Å². The highest BCUT2D eigenvalue weighted by molar-refractivity contribution is 5.85. The Hall–Kier alpha value is -1.10. The van der Waals surface area contributed by atoms with Gasteiger partial charge in [0, 0.05) is 7.05 Å². The van der Waals surface area contributed by atoms with E-state index in [0.717, 1.165) is 6.42 Å². The monoisotopic (exact) mass is 271 g/mol. The molecule has 0 aromatic heterocycles. The molecule has 5 heteroatoms. The van der Waals surface area contributed by atoms with E-state index in [-0.39, 0.29) is 12.5 Å². The van der Waals surface area contributed by atoms with Crippen LogP contribution in [0.15, 0.2) is 0 Å². The normalized spacial score (nSPS) is 27.3. The summed E-state index contributed by atoms with van der Waals surface area (Å²) >= 11 is 0. The molecule has 0 aromatic carbocycles. The van der Waals surface area contributed by atoms with Gasteiger partial charge in [0.15, 0.2) is 0 Å². The van der Waals surface area contributed by atoms with Gasteiger partial charge in [0.25, 0.3) is 0 Å². The average Bonchev–Trinajstić information content (AvgIpc) is 2.81. The van der Waals surface area contributed by atoms with Crippen molar-refractivity contribution in [3.8, 4) is 0 Å². The second kappa shape index (κ2) is 5.90. The van der Waals surface area contributed by atoms with Gasteiger partial charge in [-0.3, -0.25) is 9.59 Å². The van der Waals surface area contributed by atoms with Crippen molar-refractivity contribution in [2.24, 2.45) is 17.8 Å². The zero-order valence-corrected chi connectivity index (χ0v) is 12.2. The number of aliphatic hydroxyl groups excluding tert-OH is 1. The van der Waals surface area contributed by atoms with Gasteiger partial charge in [0.2, 0.25) is 5.91 Å². The van der Waals surface area contributed by atoms with Crippen LogP contribution in [0.5, 0.6) is 0 Å². The molecule has 1 fully saturated rings. The summed E-state index contributed by atoms with van der Waals surface area (Å²) in [4.78, 5) is 25.3. The fourth-order valence-electron chi connectivity index (χ4n) is 2.68. The van der Waals surface area contributed by atoms with E-state index in [1.54, 1.807) is 20.9 Å². The Morgan fingerprint density at radius 2 is 1.79 bits per heavy atom. The smallest absolute Gasteiger partial charge is 0.307 e. The molecular formula is C14H25NO4. The number of amides is 1. The van der Waals surface area contributed by atoms with Crippen LogP contribution in [-0.4, -0.2) is 46.2 Å². The lowest BCUT2D eigenvalue weighted by Gasteiger charge is -2.36. The van der Waals surface area contributed by atoms with Gasteiger partial charge >= 0.3 is 5.97 Å². The maximum atomic E-state index is 12.5. The van der Waals surface area contributed by atoms with E-state index >= 15 is 0 Å². The molecule has 1 rings (SSSR count). The van der Waals surface area contributed by atoms with E-state index in [1.165, 1.54) is 4.90 Å². The number of carbonyl (C=O) groups is 2. The van der Waals surface area contributed by atoms with Crippen LogP contribution in [0.3, 0.4) is 0 Å². The van der Waals surface area contributed by atoms with Gasteiger partial charge in [0.05, 0.1) is 24.0 Å². The fraction of sp³-hybridized carbons (Fsp3) is 0.857. The third kappa shape index (κ3) is 3.26. The lowest BCUT2D eigenvalue weighted by Crippen LogP contribution is -2.50. The quantitative estimate of drug-likeness (QED) is 0.791. The summed E-state index contributed by atoms with van der Waals surface area (Å²) in [6.07, 6.45) is 2.12. The first-order chi connectivity index (χ1) is 8.74. The number of hydrogen-bond donors (Lipinski definition) is 2. The summed E-state index contributed by atoms with van der Waals surface area (Å²) in [6, 6.07) is 0. The van der Waals surface area contributed by atoms with Crippen molar-refractivity contribution in [1.82, 2.24) is 4.90 Å². The highest BCUT2D eigenvalue weighted by Gasteiger charge is 2.44. The fourth-order valence-corrected chi connectivity index (χ4v) is 2.68. The van der Waals surface area contributed by atoms with E-state index < -0.39 is 23.3 Å². The highest BCUT2D eigenvalue weighted by atomic mass is 16.4. The molecule has 19 heavy (non-hydrogen) atoms. The van der Waals surface area contributed by atoms with Crippen molar-refractivity contribution < 1.29 is 19.8 Å². The molecule has 3 atom stereocenters. The number of carboxylic acids is 1. The van der Waals surface area contributed by atoms with Crippen LogP contribution in [0.25, 0.3) is 0 Å². The molecule has 0 heterocycles. The van der Waals surface area contributed by atoms with Gasteiger partial charge in [0.1, 0.15) is 0 Å². The summed E-state index contributed by atoms with van der Waals surface area (Å²) < 4.78 is 0. The van der Waals surface area contributed by atoms with Crippen molar-refractivity contribution >= 4 is 11.9 Å². The molecule has 0 radical (unpaired) electrons. The van der Waals surface area contributed by atoms with Gasteiger partial charge < -0.3 is 15.1 Å². The Morgan fingerprint density at radius 3 is 2.21 bits per heavy atom. The van der Waals surface area contributed by atoms with E-state index in [1.807, 2.05) is 6.92 Å². The number of carboxylic acid groups (broad SMARTS) is 1. The molecule has 1 aliphatic rings. The number of hydrogen-bond acceptors (Lipinski definition) is 3. The molecule has 1 saturated carbocycles. The molecular weight excluding hydrogens is 246 g/mol. The maximum Gasteiger partial charge on any atom is 0.307 e. The van der Waals surface area contributed by atoms with Crippen molar-refractivity contribution in [2.45, 2.75) is 45.6 Å². The summed E-state index contributed by atoms with van der Waals surface area (Å²) in [5.41, 5.74) is -0.662. The number of carbonyl (C=O) groups excluding carboxylic acids is 1. The highest BCUT2D eigenvalue weighted by Crippen LogP contribution is 2.39.